The van der Waals surface area contributed by atoms with E-state index in [1.807, 2.05) is 37.4 Å². The van der Waals surface area contributed by atoms with Gasteiger partial charge in [0.05, 0.1) is 11.1 Å². The van der Waals surface area contributed by atoms with Crippen molar-refractivity contribution in [1.82, 2.24) is 9.88 Å². The van der Waals surface area contributed by atoms with Crippen molar-refractivity contribution in [2.75, 3.05) is 7.05 Å². The lowest BCUT2D eigenvalue weighted by molar-refractivity contribution is 0.0959. The Bertz CT molecular complexity index is 1280. The van der Waals surface area contributed by atoms with Gasteiger partial charge in [-0.3, -0.25) is 9.59 Å². The van der Waals surface area contributed by atoms with E-state index in [1.54, 1.807) is 7.05 Å². The topological polar surface area (TPSA) is 51.1 Å². The first-order valence-corrected chi connectivity index (χ1v) is 8.98. The predicted molar refractivity (Wildman–Crippen MR) is 107 cm³/mol. The van der Waals surface area contributed by atoms with Gasteiger partial charge in [-0.1, -0.05) is 42.5 Å². The van der Waals surface area contributed by atoms with Crippen molar-refractivity contribution in [3.8, 4) is 11.1 Å². The third-order valence-corrected chi connectivity index (χ3v) is 5.72. The molecule has 1 amide bonds. The van der Waals surface area contributed by atoms with Crippen LogP contribution in [0.25, 0.3) is 32.9 Å². The molecule has 132 valence electrons. The fourth-order valence-corrected chi connectivity index (χ4v) is 4.58. The number of rotatable bonds is 2. The van der Waals surface area contributed by atoms with Crippen molar-refractivity contribution in [2.24, 2.45) is 7.05 Å². The van der Waals surface area contributed by atoms with E-state index in [9.17, 15) is 9.59 Å². The van der Waals surface area contributed by atoms with Gasteiger partial charge in [0.1, 0.15) is 0 Å². The Balaban J connectivity index is 2.11. The lowest BCUT2D eigenvalue weighted by Gasteiger charge is -2.14. The predicted octanol–water partition coefficient (Wildman–Crippen LogP) is 4.07. The van der Waals surface area contributed by atoms with E-state index in [0.29, 0.717) is 17.5 Å². The maximum atomic E-state index is 12.9. The SMILES string of the molecule is CNC(=O)c1c(C=O)c2c(c3c1c1ccccc1n3C)-c1ccccc1C2. The minimum absolute atomic E-state index is 0.225. The summed E-state index contributed by atoms with van der Waals surface area (Å²) in [6.45, 7) is 0. The molecule has 3 aromatic carbocycles. The lowest BCUT2D eigenvalue weighted by atomic mass is 9.91. The summed E-state index contributed by atoms with van der Waals surface area (Å²) >= 11 is 0. The summed E-state index contributed by atoms with van der Waals surface area (Å²) < 4.78 is 2.15. The van der Waals surface area contributed by atoms with Gasteiger partial charge in [0, 0.05) is 41.5 Å². The number of aldehydes is 1. The standard InChI is InChI=1S/C23H18N2O2/c1-24-23(27)21-17(12-26)16-11-13-7-3-4-8-14(13)19(16)22-20(21)15-9-5-6-10-18(15)25(22)2/h3-10,12H,11H2,1-2H3,(H,24,27). The molecule has 0 bridgehead atoms. The molecule has 0 aliphatic heterocycles. The second kappa shape index (κ2) is 5.55. The molecule has 1 N–H and O–H groups in total. The number of fused-ring (bicyclic) bond motifs is 7. The number of benzene rings is 3. The van der Waals surface area contributed by atoms with Crippen molar-refractivity contribution in [1.29, 1.82) is 0 Å². The normalized spacial score (nSPS) is 12.2. The number of para-hydroxylation sites is 1. The fourth-order valence-electron chi connectivity index (χ4n) is 4.58. The highest BCUT2D eigenvalue weighted by molar-refractivity contribution is 6.25. The van der Waals surface area contributed by atoms with E-state index >= 15 is 0 Å². The molecule has 4 heteroatoms. The summed E-state index contributed by atoms with van der Waals surface area (Å²) in [4.78, 5) is 25.0. The van der Waals surface area contributed by atoms with E-state index < -0.39 is 0 Å². The number of hydrogen-bond donors (Lipinski definition) is 1. The Morgan fingerprint density at radius 2 is 1.85 bits per heavy atom. The van der Waals surface area contributed by atoms with Gasteiger partial charge in [-0.25, -0.2) is 0 Å². The molecular formula is C23H18N2O2. The minimum atomic E-state index is -0.225. The zero-order valence-corrected chi connectivity index (χ0v) is 15.2. The number of aryl methyl sites for hydroxylation is 1. The van der Waals surface area contributed by atoms with Crippen LogP contribution in [-0.2, 0) is 13.5 Å². The Morgan fingerprint density at radius 1 is 1.11 bits per heavy atom. The van der Waals surface area contributed by atoms with E-state index in [0.717, 1.165) is 44.8 Å². The molecule has 0 saturated heterocycles. The van der Waals surface area contributed by atoms with Gasteiger partial charge in [-0.15, -0.1) is 0 Å². The first-order chi connectivity index (χ1) is 13.2. The zero-order valence-electron chi connectivity index (χ0n) is 15.2. The Hall–Kier alpha value is -3.40. The first-order valence-electron chi connectivity index (χ1n) is 8.98. The summed E-state index contributed by atoms with van der Waals surface area (Å²) in [7, 11) is 3.63. The Labute approximate surface area is 156 Å². The van der Waals surface area contributed by atoms with E-state index in [-0.39, 0.29) is 5.91 Å². The third-order valence-electron chi connectivity index (χ3n) is 5.72. The van der Waals surface area contributed by atoms with Crippen LogP contribution in [0.3, 0.4) is 0 Å². The van der Waals surface area contributed by atoms with Crippen LogP contribution >= 0.6 is 0 Å². The quantitative estimate of drug-likeness (QED) is 0.486. The summed E-state index contributed by atoms with van der Waals surface area (Å²) in [5.74, 6) is -0.225. The second-order valence-electron chi connectivity index (χ2n) is 6.97. The number of nitrogens with one attached hydrogen (secondary N) is 1. The third kappa shape index (κ3) is 1.92. The summed E-state index contributed by atoms with van der Waals surface area (Å²) in [6, 6.07) is 16.3. The van der Waals surface area contributed by atoms with Crippen molar-refractivity contribution >= 4 is 34.0 Å². The molecule has 1 aliphatic rings. The number of carbonyl (C=O) groups excluding carboxylic acids is 2. The molecule has 5 rings (SSSR count). The molecule has 1 aromatic heterocycles. The number of nitrogens with zero attached hydrogens (tertiary/aromatic N) is 1. The summed E-state index contributed by atoms with van der Waals surface area (Å²) in [6.07, 6.45) is 1.51. The van der Waals surface area contributed by atoms with Gasteiger partial charge in [-0.05, 0) is 29.2 Å². The van der Waals surface area contributed by atoms with E-state index in [2.05, 4.69) is 28.1 Å². The maximum Gasteiger partial charge on any atom is 0.252 e. The molecule has 0 spiro atoms. The van der Waals surface area contributed by atoms with Gasteiger partial charge in [0.15, 0.2) is 6.29 Å². The van der Waals surface area contributed by atoms with E-state index in [4.69, 9.17) is 0 Å². The summed E-state index contributed by atoms with van der Waals surface area (Å²) in [5, 5.41) is 4.57. The van der Waals surface area contributed by atoms with Crippen LogP contribution in [0.2, 0.25) is 0 Å². The highest BCUT2D eigenvalue weighted by Gasteiger charge is 2.31. The van der Waals surface area contributed by atoms with E-state index in [1.165, 1.54) is 5.56 Å². The number of carbonyl (C=O) groups is 2. The van der Waals surface area contributed by atoms with Crippen LogP contribution in [0, 0.1) is 0 Å². The van der Waals surface area contributed by atoms with Crippen LogP contribution in [-0.4, -0.2) is 23.8 Å². The van der Waals surface area contributed by atoms with Crippen molar-refractivity contribution in [3.63, 3.8) is 0 Å². The maximum absolute atomic E-state index is 12.9. The molecule has 0 unspecified atom stereocenters. The monoisotopic (exact) mass is 354 g/mol. The summed E-state index contributed by atoms with van der Waals surface area (Å²) in [5.41, 5.74) is 7.41. The van der Waals surface area contributed by atoms with Crippen LogP contribution in [0.1, 0.15) is 31.8 Å². The number of hydrogen-bond acceptors (Lipinski definition) is 2. The number of amides is 1. The molecule has 4 aromatic rings. The van der Waals surface area contributed by atoms with Crippen LogP contribution in [0.5, 0.6) is 0 Å². The van der Waals surface area contributed by atoms with Crippen molar-refractivity contribution in [2.45, 2.75) is 6.42 Å². The van der Waals surface area contributed by atoms with Gasteiger partial charge in [0.2, 0.25) is 0 Å². The first kappa shape index (κ1) is 15.8. The Kier molecular flexibility index (Phi) is 3.25. The largest absolute Gasteiger partial charge is 0.355 e. The van der Waals surface area contributed by atoms with Gasteiger partial charge >= 0.3 is 0 Å². The smallest absolute Gasteiger partial charge is 0.252 e. The lowest BCUT2D eigenvalue weighted by Crippen LogP contribution is -2.21. The van der Waals surface area contributed by atoms with Crippen LogP contribution in [0.15, 0.2) is 48.5 Å². The van der Waals surface area contributed by atoms with Gasteiger partial charge < -0.3 is 9.88 Å². The minimum Gasteiger partial charge on any atom is -0.355 e. The molecule has 0 radical (unpaired) electrons. The molecule has 0 atom stereocenters. The molecule has 1 heterocycles. The zero-order chi connectivity index (χ0) is 18.7. The molecule has 0 saturated carbocycles. The highest BCUT2D eigenvalue weighted by Crippen LogP contribution is 2.47. The molecule has 4 nitrogen and oxygen atoms in total. The van der Waals surface area contributed by atoms with Crippen molar-refractivity contribution in [3.05, 3.63) is 70.8 Å². The average molecular weight is 354 g/mol. The molecular weight excluding hydrogens is 336 g/mol. The molecule has 0 fully saturated rings. The Morgan fingerprint density at radius 3 is 2.63 bits per heavy atom. The average Bonchev–Trinajstić information content (AvgIpc) is 3.22. The van der Waals surface area contributed by atoms with Gasteiger partial charge in [0.25, 0.3) is 5.91 Å². The van der Waals surface area contributed by atoms with Crippen LogP contribution in [0.4, 0.5) is 0 Å². The van der Waals surface area contributed by atoms with Crippen molar-refractivity contribution < 1.29 is 9.59 Å². The van der Waals surface area contributed by atoms with Crippen LogP contribution < -0.4 is 5.32 Å². The molecule has 1 aliphatic carbocycles. The number of aromatic nitrogens is 1. The molecule has 27 heavy (non-hydrogen) atoms. The van der Waals surface area contributed by atoms with Gasteiger partial charge in [-0.2, -0.15) is 0 Å². The highest BCUT2D eigenvalue weighted by atomic mass is 16.1. The second-order valence-corrected chi connectivity index (χ2v) is 6.97. The fraction of sp³-hybridized carbons (Fsp3) is 0.130.